The first-order valence-corrected chi connectivity index (χ1v) is 10.5. The van der Waals surface area contributed by atoms with E-state index in [9.17, 15) is 18.0 Å². The first-order chi connectivity index (χ1) is 12.3. The van der Waals surface area contributed by atoms with E-state index in [1.807, 2.05) is 20.8 Å². The molecule has 0 radical (unpaired) electrons. The van der Waals surface area contributed by atoms with E-state index in [1.54, 1.807) is 31.2 Å². The van der Waals surface area contributed by atoms with Crippen molar-refractivity contribution >= 4 is 21.8 Å². The van der Waals surface area contributed by atoms with Gasteiger partial charge < -0.3 is 4.74 Å². The molecule has 142 valence electrons. The number of carbonyl (C=O) groups excluding carboxylic acids is 2. The molecular formula is C19H25NO5S. The number of hydrogen-bond donors (Lipinski definition) is 0. The number of carbonyl (C=O) groups is 2. The summed E-state index contributed by atoms with van der Waals surface area (Å²) < 4.78 is 32.9. The fraction of sp³-hybridized carbons (Fsp3) is 0.579. The highest BCUT2D eigenvalue weighted by molar-refractivity contribution is 7.89. The maximum atomic E-state index is 13.3. The van der Waals surface area contributed by atoms with Crippen molar-refractivity contribution in [3.63, 3.8) is 0 Å². The van der Waals surface area contributed by atoms with E-state index in [0.29, 0.717) is 6.42 Å². The van der Waals surface area contributed by atoms with Crippen LogP contribution in [0.1, 0.15) is 32.8 Å². The van der Waals surface area contributed by atoms with Gasteiger partial charge in [-0.25, -0.2) is 8.42 Å². The van der Waals surface area contributed by atoms with Gasteiger partial charge in [0, 0.05) is 0 Å². The predicted molar refractivity (Wildman–Crippen MR) is 95.9 cm³/mol. The second-order valence-electron chi connectivity index (χ2n) is 7.17. The molecule has 1 aliphatic carbocycles. The number of nitrogens with zero attached hydrogens (tertiary/aromatic N) is 1. The minimum absolute atomic E-state index is 0.113. The lowest BCUT2D eigenvalue weighted by Gasteiger charge is -2.30. The second kappa shape index (κ2) is 6.78. The van der Waals surface area contributed by atoms with Gasteiger partial charge in [0.15, 0.2) is 5.78 Å². The lowest BCUT2D eigenvalue weighted by molar-refractivity contribution is -0.147. The Kier molecular flexibility index (Phi) is 4.96. The quantitative estimate of drug-likeness (QED) is 0.708. The van der Waals surface area contributed by atoms with E-state index >= 15 is 0 Å². The third-order valence-corrected chi connectivity index (χ3v) is 7.40. The normalized spacial score (nSPS) is 29.3. The summed E-state index contributed by atoms with van der Waals surface area (Å²) in [5, 5.41) is 0. The topological polar surface area (TPSA) is 80.8 Å². The van der Waals surface area contributed by atoms with Crippen molar-refractivity contribution in [1.82, 2.24) is 4.31 Å². The van der Waals surface area contributed by atoms with Crippen LogP contribution in [-0.4, -0.2) is 43.2 Å². The van der Waals surface area contributed by atoms with E-state index in [2.05, 4.69) is 0 Å². The van der Waals surface area contributed by atoms with Crippen LogP contribution in [0.3, 0.4) is 0 Å². The molecule has 0 spiro atoms. The fourth-order valence-corrected chi connectivity index (χ4v) is 5.80. The first-order valence-electron chi connectivity index (χ1n) is 9.06. The molecule has 5 atom stereocenters. The standard InChI is InChI=1S/C19H25NO5S/c1-5-12(4)16-18(21)14-15(19(22)25-6-2)17(14)20(16)26(23,24)13-9-7-11(3)8-10-13/h7-10,12,14-17H,5-6H2,1-4H3/t12-,14-,15-,16-,17-/m0/s1. The molecule has 3 rings (SSSR count). The van der Waals surface area contributed by atoms with Gasteiger partial charge in [-0.05, 0) is 31.9 Å². The highest BCUT2D eigenvalue weighted by Crippen LogP contribution is 2.55. The monoisotopic (exact) mass is 379 g/mol. The van der Waals surface area contributed by atoms with Crippen LogP contribution in [0.15, 0.2) is 29.2 Å². The highest BCUT2D eigenvalue weighted by atomic mass is 32.2. The number of aryl methyl sites for hydroxylation is 1. The largest absolute Gasteiger partial charge is 0.466 e. The molecule has 6 nitrogen and oxygen atoms in total. The van der Waals surface area contributed by atoms with Gasteiger partial charge in [-0.3, -0.25) is 9.59 Å². The van der Waals surface area contributed by atoms with Crippen molar-refractivity contribution in [3.8, 4) is 0 Å². The molecule has 1 saturated heterocycles. The molecule has 1 aliphatic heterocycles. The van der Waals surface area contributed by atoms with Gasteiger partial charge in [0.25, 0.3) is 0 Å². The smallest absolute Gasteiger partial charge is 0.311 e. The van der Waals surface area contributed by atoms with Gasteiger partial charge in [-0.15, -0.1) is 0 Å². The summed E-state index contributed by atoms with van der Waals surface area (Å²) in [6.45, 7) is 7.60. The van der Waals surface area contributed by atoms with Crippen molar-refractivity contribution in [2.45, 2.75) is 51.1 Å². The average Bonchev–Trinajstić information content (AvgIpc) is 3.26. The molecule has 0 aromatic heterocycles. The number of fused-ring (bicyclic) bond motifs is 1. The predicted octanol–water partition coefficient (Wildman–Crippen LogP) is 2.16. The van der Waals surface area contributed by atoms with E-state index < -0.39 is 39.9 Å². The minimum atomic E-state index is -3.88. The molecule has 0 unspecified atom stereocenters. The van der Waals surface area contributed by atoms with Gasteiger partial charge in [-0.2, -0.15) is 4.31 Å². The summed E-state index contributed by atoms with van der Waals surface area (Å²) in [4.78, 5) is 25.2. The van der Waals surface area contributed by atoms with Gasteiger partial charge in [-0.1, -0.05) is 38.0 Å². The lowest BCUT2D eigenvalue weighted by Crippen LogP contribution is -2.47. The molecule has 26 heavy (non-hydrogen) atoms. The van der Waals surface area contributed by atoms with Crippen LogP contribution in [0.5, 0.6) is 0 Å². The number of hydrogen-bond acceptors (Lipinski definition) is 5. The van der Waals surface area contributed by atoms with Crippen LogP contribution in [0.25, 0.3) is 0 Å². The number of ketones is 1. The highest BCUT2D eigenvalue weighted by Gasteiger charge is 2.73. The molecule has 1 aromatic carbocycles. The number of esters is 1. The van der Waals surface area contributed by atoms with E-state index in [4.69, 9.17) is 4.74 Å². The maximum Gasteiger partial charge on any atom is 0.311 e. The number of ether oxygens (including phenoxy) is 1. The van der Waals surface area contributed by atoms with Gasteiger partial charge in [0.2, 0.25) is 10.0 Å². The van der Waals surface area contributed by atoms with Crippen LogP contribution in [0.4, 0.5) is 0 Å². The number of benzene rings is 1. The zero-order valence-electron chi connectivity index (χ0n) is 15.5. The molecule has 1 saturated carbocycles. The number of piperidine rings is 1. The van der Waals surface area contributed by atoms with Crippen molar-refractivity contribution in [3.05, 3.63) is 29.8 Å². The SMILES string of the molecule is CCOC(=O)[C@H]1[C@@H]2C(=O)[C@H]([C@@H](C)CC)N(S(=O)(=O)c3ccc(C)cc3)[C@H]12. The Morgan fingerprint density at radius 1 is 1.23 bits per heavy atom. The molecule has 1 aromatic rings. The number of sulfonamides is 1. The average molecular weight is 379 g/mol. The zero-order valence-corrected chi connectivity index (χ0v) is 16.3. The molecule has 1 heterocycles. The summed E-state index contributed by atoms with van der Waals surface area (Å²) in [5.41, 5.74) is 0.952. The number of rotatable bonds is 6. The zero-order chi connectivity index (χ0) is 19.2. The summed E-state index contributed by atoms with van der Waals surface area (Å²) in [7, 11) is -3.88. The second-order valence-corrected chi connectivity index (χ2v) is 9.02. The van der Waals surface area contributed by atoms with Crippen molar-refractivity contribution < 1.29 is 22.7 Å². The molecule has 0 N–H and O–H groups in total. The Bertz CT molecular complexity index is 817. The fourth-order valence-electron chi connectivity index (χ4n) is 3.89. The third kappa shape index (κ3) is 2.87. The maximum absolute atomic E-state index is 13.3. The minimum Gasteiger partial charge on any atom is -0.466 e. The lowest BCUT2D eigenvalue weighted by atomic mass is 9.94. The van der Waals surface area contributed by atoms with Crippen LogP contribution in [0.2, 0.25) is 0 Å². The molecule has 2 fully saturated rings. The van der Waals surface area contributed by atoms with Gasteiger partial charge in [0.05, 0.1) is 35.4 Å². The molecule has 2 aliphatic rings. The Labute approximate surface area is 154 Å². The van der Waals surface area contributed by atoms with Gasteiger partial charge >= 0.3 is 5.97 Å². The van der Waals surface area contributed by atoms with Crippen molar-refractivity contribution in [2.24, 2.45) is 17.8 Å². The third-order valence-electron chi connectivity index (χ3n) is 5.51. The summed E-state index contributed by atoms with van der Waals surface area (Å²) >= 11 is 0. The van der Waals surface area contributed by atoms with Crippen LogP contribution in [0, 0.1) is 24.7 Å². The van der Waals surface area contributed by atoms with Crippen LogP contribution in [-0.2, 0) is 24.3 Å². The van der Waals surface area contributed by atoms with E-state index in [0.717, 1.165) is 5.56 Å². The van der Waals surface area contributed by atoms with E-state index in [1.165, 1.54) is 4.31 Å². The Morgan fingerprint density at radius 3 is 2.38 bits per heavy atom. The van der Waals surface area contributed by atoms with Crippen LogP contribution >= 0.6 is 0 Å². The van der Waals surface area contributed by atoms with Crippen molar-refractivity contribution in [1.29, 1.82) is 0 Å². The molecule has 7 heteroatoms. The van der Waals surface area contributed by atoms with Crippen molar-refractivity contribution in [2.75, 3.05) is 6.61 Å². The summed E-state index contributed by atoms with van der Waals surface area (Å²) in [6.07, 6.45) is 0.680. The molecular weight excluding hydrogens is 354 g/mol. The molecule has 0 bridgehead atoms. The van der Waals surface area contributed by atoms with E-state index in [-0.39, 0.29) is 23.2 Å². The molecule has 0 amide bonds. The Hall–Kier alpha value is -1.73. The first kappa shape index (κ1) is 19.0. The Balaban J connectivity index is 2.01. The summed E-state index contributed by atoms with van der Waals surface area (Å²) in [5.74, 6) is -2.00. The van der Waals surface area contributed by atoms with Crippen LogP contribution < -0.4 is 0 Å². The summed E-state index contributed by atoms with van der Waals surface area (Å²) in [6, 6.07) is 5.24. The Morgan fingerprint density at radius 2 is 1.85 bits per heavy atom. The van der Waals surface area contributed by atoms with Gasteiger partial charge in [0.1, 0.15) is 0 Å². The number of Topliss-reactive ketones (excluding diaryl/α,β-unsaturated/α-hetero) is 1.